The Labute approximate surface area is 138 Å². The van der Waals surface area contributed by atoms with Crippen LogP contribution in [0, 0.1) is 35.5 Å². The molecular weight excluding hydrogens is 290 g/mol. The van der Waals surface area contributed by atoms with Crippen molar-refractivity contribution in [1.29, 1.82) is 0 Å². The topological polar surface area (TPSA) is 55.4 Å². The van der Waals surface area contributed by atoms with Gasteiger partial charge in [-0.3, -0.25) is 4.79 Å². The Balaban J connectivity index is 1.66. The summed E-state index contributed by atoms with van der Waals surface area (Å²) in [6.45, 7) is 0. The molecule has 0 heterocycles. The minimum atomic E-state index is -0.561. The number of carbonyl (C=O) groups is 2. The van der Waals surface area contributed by atoms with Crippen LogP contribution in [-0.2, 0) is 14.3 Å². The number of terminal acetylenes is 1. The number of esters is 1. The maximum Gasteiger partial charge on any atom is 0.328 e. The van der Waals surface area contributed by atoms with Gasteiger partial charge in [0.25, 0.3) is 0 Å². The van der Waals surface area contributed by atoms with Crippen LogP contribution in [0.2, 0.25) is 0 Å². The lowest BCUT2D eigenvalue weighted by molar-refractivity contribution is -0.153. The van der Waals surface area contributed by atoms with E-state index >= 15 is 0 Å². The van der Waals surface area contributed by atoms with Gasteiger partial charge in [0.15, 0.2) is 0 Å². The minimum absolute atomic E-state index is 0.0766. The number of nitrogens with one attached hydrogen (secondary N) is 1. The Morgan fingerprint density at radius 3 is 2.26 bits per heavy atom. The van der Waals surface area contributed by atoms with E-state index in [2.05, 4.69) is 11.2 Å². The fraction of sp³-hybridized carbons (Fsp3) is 0.789. The molecule has 0 aromatic carbocycles. The molecular formula is C19H27NO3. The Morgan fingerprint density at radius 1 is 1.22 bits per heavy atom. The molecule has 4 saturated carbocycles. The first-order valence-corrected chi connectivity index (χ1v) is 8.88. The zero-order valence-corrected chi connectivity index (χ0v) is 14.0. The third-order valence-electron chi connectivity index (χ3n) is 6.12. The standard InChI is InChI=1S/C19H27NO3/c1-3-4-5-6-16(17(21)23-2)20-18(22)19-10-13-7-14(11-19)9-15(8-13)12-19/h1,13-16H,4-12H2,2H3,(H,20,22)/t13?,14?,15?,16-,19?/m0/s1. The van der Waals surface area contributed by atoms with Crippen LogP contribution in [0.25, 0.3) is 0 Å². The molecule has 0 aliphatic heterocycles. The smallest absolute Gasteiger partial charge is 0.328 e. The van der Waals surface area contributed by atoms with Crippen LogP contribution < -0.4 is 5.32 Å². The number of hydrogen-bond acceptors (Lipinski definition) is 3. The summed E-state index contributed by atoms with van der Waals surface area (Å²) < 4.78 is 4.86. The van der Waals surface area contributed by atoms with E-state index in [1.807, 2.05) is 0 Å². The third-order valence-corrected chi connectivity index (χ3v) is 6.12. The Bertz CT molecular complexity index is 484. The van der Waals surface area contributed by atoms with Crippen molar-refractivity contribution in [2.75, 3.05) is 7.11 Å². The molecule has 4 heteroatoms. The highest BCUT2D eigenvalue weighted by Crippen LogP contribution is 2.60. The molecule has 0 radical (unpaired) electrons. The maximum atomic E-state index is 13.0. The molecule has 1 N–H and O–H groups in total. The van der Waals surface area contributed by atoms with Crippen molar-refractivity contribution in [2.45, 2.75) is 63.8 Å². The van der Waals surface area contributed by atoms with Crippen LogP contribution in [0.4, 0.5) is 0 Å². The van der Waals surface area contributed by atoms with E-state index < -0.39 is 6.04 Å². The largest absolute Gasteiger partial charge is 0.467 e. The van der Waals surface area contributed by atoms with E-state index in [0.717, 1.165) is 25.7 Å². The van der Waals surface area contributed by atoms with Gasteiger partial charge >= 0.3 is 5.97 Å². The molecule has 1 atom stereocenters. The van der Waals surface area contributed by atoms with E-state index in [9.17, 15) is 9.59 Å². The van der Waals surface area contributed by atoms with Crippen molar-refractivity contribution < 1.29 is 14.3 Å². The van der Waals surface area contributed by atoms with Crippen molar-refractivity contribution in [3.05, 3.63) is 0 Å². The number of methoxy groups -OCH3 is 1. The number of carbonyl (C=O) groups excluding carboxylic acids is 2. The number of hydrogen-bond donors (Lipinski definition) is 1. The number of ether oxygens (including phenoxy) is 1. The summed E-state index contributed by atoms with van der Waals surface area (Å²) in [5.74, 6) is 4.43. The first-order valence-electron chi connectivity index (χ1n) is 8.88. The molecule has 4 aliphatic rings. The van der Waals surface area contributed by atoms with Crippen molar-refractivity contribution in [2.24, 2.45) is 23.2 Å². The Morgan fingerprint density at radius 2 is 1.78 bits per heavy atom. The molecule has 0 aromatic rings. The molecule has 126 valence electrons. The van der Waals surface area contributed by atoms with Crippen LogP contribution in [0.15, 0.2) is 0 Å². The summed E-state index contributed by atoms with van der Waals surface area (Å²) in [4.78, 5) is 25.0. The fourth-order valence-corrected chi connectivity index (χ4v) is 5.50. The molecule has 23 heavy (non-hydrogen) atoms. The number of amides is 1. The van der Waals surface area contributed by atoms with Crippen LogP contribution >= 0.6 is 0 Å². The zero-order valence-electron chi connectivity index (χ0n) is 14.0. The summed E-state index contributed by atoms with van der Waals surface area (Å²) in [5, 5.41) is 3.00. The lowest BCUT2D eigenvalue weighted by Gasteiger charge is -2.55. The first kappa shape index (κ1) is 16.4. The molecule has 0 aromatic heterocycles. The van der Waals surface area contributed by atoms with Gasteiger partial charge in [0.1, 0.15) is 6.04 Å². The number of rotatable bonds is 6. The first-order chi connectivity index (χ1) is 11.1. The highest BCUT2D eigenvalue weighted by molar-refractivity contribution is 5.88. The molecule has 4 fully saturated rings. The van der Waals surface area contributed by atoms with Gasteiger partial charge in [0.05, 0.1) is 7.11 Å². The molecule has 0 saturated heterocycles. The van der Waals surface area contributed by atoms with Crippen molar-refractivity contribution in [3.8, 4) is 12.3 Å². The highest BCUT2D eigenvalue weighted by atomic mass is 16.5. The van der Waals surface area contributed by atoms with Gasteiger partial charge in [-0.2, -0.15) is 0 Å². The summed E-state index contributed by atoms with van der Waals surface area (Å²) in [5.41, 5.74) is -0.229. The molecule has 0 unspecified atom stereocenters. The summed E-state index contributed by atoms with van der Waals surface area (Å²) in [7, 11) is 1.37. The second kappa shape index (κ2) is 6.55. The van der Waals surface area contributed by atoms with E-state index in [0.29, 0.717) is 30.6 Å². The van der Waals surface area contributed by atoms with Crippen molar-refractivity contribution in [1.82, 2.24) is 5.32 Å². The SMILES string of the molecule is C#CCCC[C@H](NC(=O)C12CC3CC(CC(C3)C1)C2)C(=O)OC. The molecule has 0 spiro atoms. The van der Waals surface area contributed by atoms with Crippen LogP contribution in [0.5, 0.6) is 0 Å². The molecule has 1 amide bonds. The van der Waals surface area contributed by atoms with Gasteiger partial charge < -0.3 is 10.1 Å². The van der Waals surface area contributed by atoms with E-state index in [4.69, 9.17) is 11.2 Å². The summed E-state index contributed by atoms with van der Waals surface area (Å²) >= 11 is 0. The Kier molecular flexibility index (Phi) is 4.66. The maximum absolute atomic E-state index is 13.0. The van der Waals surface area contributed by atoms with E-state index in [1.54, 1.807) is 0 Å². The quantitative estimate of drug-likeness (QED) is 0.465. The van der Waals surface area contributed by atoms with Gasteiger partial charge in [-0.15, -0.1) is 12.3 Å². The van der Waals surface area contributed by atoms with Gasteiger partial charge in [-0.05, 0) is 69.1 Å². The monoisotopic (exact) mass is 317 g/mol. The van der Waals surface area contributed by atoms with Crippen LogP contribution in [-0.4, -0.2) is 25.0 Å². The zero-order chi connectivity index (χ0) is 16.4. The van der Waals surface area contributed by atoms with Gasteiger partial charge in [-0.1, -0.05) is 0 Å². The second-order valence-corrected chi connectivity index (χ2v) is 7.84. The number of unbranched alkanes of at least 4 members (excludes halogenated alkanes) is 1. The second-order valence-electron chi connectivity index (χ2n) is 7.84. The van der Waals surface area contributed by atoms with Gasteiger partial charge in [-0.25, -0.2) is 4.79 Å². The molecule has 4 nitrogen and oxygen atoms in total. The predicted octanol–water partition coefficient (Wildman–Crippen LogP) is 2.66. The molecule has 4 aliphatic carbocycles. The lowest BCUT2D eigenvalue weighted by atomic mass is 9.49. The predicted molar refractivity (Wildman–Crippen MR) is 87.2 cm³/mol. The van der Waals surface area contributed by atoms with Crippen molar-refractivity contribution in [3.63, 3.8) is 0 Å². The molecule has 4 rings (SSSR count). The van der Waals surface area contributed by atoms with Crippen LogP contribution in [0.3, 0.4) is 0 Å². The lowest BCUT2D eigenvalue weighted by Crippen LogP contribution is -2.56. The fourth-order valence-electron chi connectivity index (χ4n) is 5.50. The summed E-state index contributed by atoms with van der Waals surface area (Å²) in [6, 6.07) is -0.561. The normalized spacial score (nSPS) is 35.4. The highest BCUT2D eigenvalue weighted by Gasteiger charge is 2.54. The van der Waals surface area contributed by atoms with Crippen molar-refractivity contribution >= 4 is 11.9 Å². The summed E-state index contributed by atoms with van der Waals surface area (Å²) in [6.07, 6.45) is 14.1. The Hall–Kier alpha value is -1.50. The van der Waals surface area contributed by atoms with E-state index in [-0.39, 0.29) is 17.3 Å². The van der Waals surface area contributed by atoms with Gasteiger partial charge in [0, 0.05) is 11.8 Å². The average molecular weight is 317 g/mol. The average Bonchev–Trinajstić information content (AvgIpc) is 2.52. The molecule has 4 bridgehead atoms. The van der Waals surface area contributed by atoms with Crippen LogP contribution in [0.1, 0.15) is 57.8 Å². The minimum Gasteiger partial charge on any atom is -0.467 e. The third kappa shape index (κ3) is 3.24. The van der Waals surface area contributed by atoms with Gasteiger partial charge in [0.2, 0.25) is 5.91 Å². The van der Waals surface area contributed by atoms with E-state index in [1.165, 1.54) is 26.4 Å².